The first-order valence-electron chi connectivity index (χ1n) is 4.91. The summed E-state index contributed by atoms with van der Waals surface area (Å²) < 4.78 is 2.04. The summed E-state index contributed by atoms with van der Waals surface area (Å²) in [5.41, 5.74) is 0. The lowest BCUT2D eigenvalue weighted by Gasteiger charge is -2.06. The zero-order chi connectivity index (χ0) is 10.2. The normalized spacial score (nSPS) is 10.1. The summed E-state index contributed by atoms with van der Waals surface area (Å²) in [6.45, 7) is 4.71. The van der Waals surface area contributed by atoms with Crippen LogP contribution in [-0.4, -0.2) is 30.1 Å². The number of amides is 1. The van der Waals surface area contributed by atoms with Gasteiger partial charge in [-0.05, 0) is 18.7 Å². The third kappa shape index (κ3) is 4.09. The first-order valence-corrected chi connectivity index (χ1v) is 4.91. The highest BCUT2D eigenvalue weighted by atomic mass is 16.1. The van der Waals surface area contributed by atoms with Crippen LogP contribution >= 0.6 is 0 Å². The Morgan fingerprint density at radius 2 is 2.07 bits per heavy atom. The van der Waals surface area contributed by atoms with Crippen molar-refractivity contribution in [3.63, 3.8) is 0 Å². The van der Waals surface area contributed by atoms with E-state index in [0.717, 1.165) is 13.1 Å². The highest BCUT2D eigenvalue weighted by molar-refractivity contribution is 5.77. The first-order chi connectivity index (χ1) is 6.83. The average Bonchev–Trinajstić information content (AvgIpc) is 2.67. The Balaban J connectivity index is 2.06. The lowest BCUT2D eigenvalue weighted by molar-refractivity contribution is -0.120. The van der Waals surface area contributed by atoms with Gasteiger partial charge in [-0.3, -0.25) is 4.79 Å². The van der Waals surface area contributed by atoms with Gasteiger partial charge in [0.1, 0.15) is 0 Å². The Hall–Kier alpha value is -1.29. The number of nitrogens with zero attached hydrogens (tertiary/aromatic N) is 1. The number of carbonyl (C=O) groups excluding carboxylic acids is 1. The second-order valence-electron chi connectivity index (χ2n) is 3.05. The monoisotopic (exact) mass is 195 g/mol. The number of carbonyl (C=O) groups is 1. The smallest absolute Gasteiger partial charge is 0.234 e. The van der Waals surface area contributed by atoms with Crippen LogP contribution in [0.15, 0.2) is 24.5 Å². The van der Waals surface area contributed by atoms with E-state index < -0.39 is 0 Å². The van der Waals surface area contributed by atoms with E-state index in [2.05, 4.69) is 10.6 Å². The van der Waals surface area contributed by atoms with Gasteiger partial charge < -0.3 is 15.2 Å². The average molecular weight is 195 g/mol. The zero-order valence-corrected chi connectivity index (χ0v) is 8.49. The topological polar surface area (TPSA) is 46.1 Å². The Morgan fingerprint density at radius 1 is 1.36 bits per heavy atom. The lowest BCUT2D eigenvalue weighted by Crippen LogP contribution is -2.35. The molecule has 1 aromatic heterocycles. The summed E-state index contributed by atoms with van der Waals surface area (Å²) in [4.78, 5) is 11.1. The second kappa shape index (κ2) is 6.21. The molecule has 2 N–H and O–H groups in total. The maximum atomic E-state index is 11.1. The Kier molecular flexibility index (Phi) is 4.78. The van der Waals surface area contributed by atoms with E-state index in [1.165, 1.54) is 0 Å². The van der Waals surface area contributed by atoms with Crippen LogP contribution in [0.4, 0.5) is 0 Å². The molecule has 0 saturated carbocycles. The number of rotatable bonds is 6. The minimum absolute atomic E-state index is 0.0546. The molecule has 1 amide bonds. The van der Waals surface area contributed by atoms with E-state index >= 15 is 0 Å². The summed E-state index contributed by atoms with van der Waals surface area (Å²) in [5.74, 6) is 0.0546. The highest BCUT2D eigenvalue weighted by Crippen LogP contribution is 1.87. The summed E-state index contributed by atoms with van der Waals surface area (Å²) in [7, 11) is 0. The second-order valence-corrected chi connectivity index (χ2v) is 3.05. The Bertz CT molecular complexity index is 256. The molecule has 1 aromatic rings. The predicted molar refractivity (Wildman–Crippen MR) is 56.0 cm³/mol. The van der Waals surface area contributed by atoms with Gasteiger partial charge in [0.05, 0.1) is 6.54 Å². The van der Waals surface area contributed by atoms with E-state index in [0.29, 0.717) is 13.1 Å². The van der Waals surface area contributed by atoms with Crippen LogP contribution in [-0.2, 0) is 11.3 Å². The minimum atomic E-state index is 0.0546. The van der Waals surface area contributed by atoms with Crippen LogP contribution in [0.1, 0.15) is 6.92 Å². The van der Waals surface area contributed by atoms with Gasteiger partial charge in [-0.2, -0.15) is 0 Å². The SMILES string of the molecule is CCNCC(=O)NCCn1cccc1. The van der Waals surface area contributed by atoms with Crippen molar-refractivity contribution < 1.29 is 4.79 Å². The van der Waals surface area contributed by atoms with Crippen LogP contribution in [0.3, 0.4) is 0 Å². The van der Waals surface area contributed by atoms with Crippen molar-refractivity contribution in [3.8, 4) is 0 Å². The minimum Gasteiger partial charge on any atom is -0.353 e. The van der Waals surface area contributed by atoms with Gasteiger partial charge in [0.2, 0.25) is 5.91 Å². The number of likely N-dealkylation sites (N-methyl/N-ethyl adjacent to an activating group) is 1. The van der Waals surface area contributed by atoms with E-state index in [1.807, 2.05) is 36.0 Å². The number of hydrogen-bond donors (Lipinski definition) is 2. The standard InChI is InChI=1S/C10H17N3O/c1-2-11-9-10(14)12-5-8-13-6-3-4-7-13/h3-4,6-7,11H,2,5,8-9H2,1H3,(H,12,14). The van der Waals surface area contributed by atoms with Gasteiger partial charge in [0, 0.05) is 25.5 Å². The van der Waals surface area contributed by atoms with Gasteiger partial charge in [0.15, 0.2) is 0 Å². The molecule has 0 radical (unpaired) electrons. The molecule has 0 unspecified atom stereocenters. The third-order valence-corrected chi connectivity index (χ3v) is 1.89. The highest BCUT2D eigenvalue weighted by Gasteiger charge is 1.97. The van der Waals surface area contributed by atoms with Crippen LogP contribution in [0, 0.1) is 0 Å². The van der Waals surface area contributed by atoms with E-state index in [9.17, 15) is 4.79 Å². The fourth-order valence-corrected chi connectivity index (χ4v) is 1.14. The zero-order valence-electron chi connectivity index (χ0n) is 8.49. The first kappa shape index (κ1) is 10.8. The van der Waals surface area contributed by atoms with Crippen LogP contribution in [0.5, 0.6) is 0 Å². The van der Waals surface area contributed by atoms with E-state index in [4.69, 9.17) is 0 Å². The molecule has 0 aliphatic heterocycles. The van der Waals surface area contributed by atoms with Crippen LogP contribution in [0.2, 0.25) is 0 Å². The quantitative estimate of drug-likeness (QED) is 0.682. The summed E-state index contributed by atoms with van der Waals surface area (Å²) >= 11 is 0. The molecule has 0 aromatic carbocycles. The van der Waals surface area contributed by atoms with Crippen molar-refractivity contribution in [2.24, 2.45) is 0 Å². The van der Waals surface area contributed by atoms with Crippen molar-refractivity contribution in [2.45, 2.75) is 13.5 Å². The summed E-state index contributed by atoms with van der Waals surface area (Å²) in [6.07, 6.45) is 3.97. The van der Waals surface area contributed by atoms with E-state index in [-0.39, 0.29) is 5.91 Å². The van der Waals surface area contributed by atoms with Gasteiger partial charge >= 0.3 is 0 Å². The van der Waals surface area contributed by atoms with E-state index in [1.54, 1.807) is 0 Å². The van der Waals surface area contributed by atoms with Gasteiger partial charge in [0.25, 0.3) is 0 Å². The molecule has 0 bridgehead atoms. The maximum Gasteiger partial charge on any atom is 0.234 e. The molecule has 14 heavy (non-hydrogen) atoms. The fraction of sp³-hybridized carbons (Fsp3) is 0.500. The number of nitrogens with one attached hydrogen (secondary N) is 2. The molecule has 0 spiro atoms. The molecule has 4 nitrogen and oxygen atoms in total. The van der Waals surface area contributed by atoms with Crippen LogP contribution < -0.4 is 10.6 Å². The Morgan fingerprint density at radius 3 is 2.71 bits per heavy atom. The van der Waals surface area contributed by atoms with Gasteiger partial charge in [-0.25, -0.2) is 0 Å². The van der Waals surface area contributed by atoms with Gasteiger partial charge in [-0.15, -0.1) is 0 Å². The summed E-state index contributed by atoms with van der Waals surface area (Å²) in [6, 6.07) is 3.95. The molecule has 0 aliphatic rings. The molecule has 4 heteroatoms. The molecule has 0 aliphatic carbocycles. The predicted octanol–water partition coefficient (Wildman–Crippen LogP) is 0.214. The van der Waals surface area contributed by atoms with Crippen molar-refractivity contribution >= 4 is 5.91 Å². The van der Waals surface area contributed by atoms with Gasteiger partial charge in [-0.1, -0.05) is 6.92 Å². The molecular weight excluding hydrogens is 178 g/mol. The fourth-order valence-electron chi connectivity index (χ4n) is 1.14. The van der Waals surface area contributed by atoms with Crippen molar-refractivity contribution in [3.05, 3.63) is 24.5 Å². The van der Waals surface area contributed by atoms with Crippen LogP contribution in [0.25, 0.3) is 0 Å². The molecule has 0 atom stereocenters. The molecule has 1 rings (SSSR count). The maximum absolute atomic E-state index is 11.1. The lowest BCUT2D eigenvalue weighted by atomic mass is 10.5. The molecule has 0 fully saturated rings. The summed E-state index contributed by atoms with van der Waals surface area (Å²) in [5, 5.41) is 5.81. The largest absolute Gasteiger partial charge is 0.353 e. The van der Waals surface area contributed by atoms with Crippen molar-refractivity contribution in [2.75, 3.05) is 19.6 Å². The molecular formula is C10H17N3O. The Labute approximate surface area is 84.3 Å². The van der Waals surface area contributed by atoms with Crippen molar-refractivity contribution in [1.29, 1.82) is 0 Å². The number of aromatic nitrogens is 1. The molecule has 78 valence electrons. The third-order valence-electron chi connectivity index (χ3n) is 1.89. The van der Waals surface area contributed by atoms with Crippen molar-refractivity contribution in [1.82, 2.24) is 15.2 Å². The molecule has 0 saturated heterocycles. The molecule has 1 heterocycles. The number of hydrogen-bond acceptors (Lipinski definition) is 2.